The van der Waals surface area contributed by atoms with Crippen LogP contribution in [0.25, 0.3) is 0 Å². The fraction of sp³-hybridized carbons (Fsp3) is 0.273. The van der Waals surface area contributed by atoms with Gasteiger partial charge in [0.05, 0.1) is 11.4 Å². The number of anilines is 2. The van der Waals surface area contributed by atoms with Gasteiger partial charge in [-0.15, -0.1) is 10.2 Å². The number of aryl methyl sites for hydroxylation is 2. The van der Waals surface area contributed by atoms with Gasteiger partial charge in [-0.1, -0.05) is 18.5 Å². The number of hydrogen-bond acceptors (Lipinski definition) is 5. The third-order valence-corrected chi connectivity index (χ3v) is 2.79. The van der Waals surface area contributed by atoms with Crippen LogP contribution in [0, 0.1) is 0 Å². The number of nitrogen functional groups attached to an aromatic ring is 1. The molecule has 100 valence electrons. The first-order valence-corrected chi connectivity index (χ1v) is 6.02. The minimum Gasteiger partial charge on any atom is -0.395 e. The summed E-state index contributed by atoms with van der Waals surface area (Å²) in [7, 11) is 1.66. The molecule has 0 fully saturated rings. The molecule has 2 aromatic rings. The lowest BCUT2D eigenvalue weighted by Gasteiger charge is -2.04. The maximum absolute atomic E-state index is 12.1. The molecule has 0 atom stereocenters. The summed E-state index contributed by atoms with van der Waals surface area (Å²) in [5.41, 5.74) is 7.26. The lowest BCUT2D eigenvalue weighted by atomic mass is 10.2. The predicted octanol–water partition coefficient (Wildman–Crippen LogP) is 1.26. The summed E-state index contributed by atoms with van der Waals surface area (Å²) < 4.78 is 1.45. The van der Waals surface area contributed by atoms with Crippen LogP contribution in [0.3, 0.4) is 0 Å². The van der Waals surface area contributed by atoms with Crippen molar-refractivity contribution in [3.05, 3.63) is 28.7 Å². The summed E-state index contributed by atoms with van der Waals surface area (Å²) in [6.07, 6.45) is 0.660. The Morgan fingerprint density at radius 1 is 1.47 bits per heavy atom. The third kappa shape index (κ3) is 2.65. The minimum absolute atomic E-state index is 0.256. The number of aromatic nitrogens is 4. The van der Waals surface area contributed by atoms with Crippen molar-refractivity contribution >= 4 is 29.0 Å². The number of carbonyl (C=O) groups is 1. The fourth-order valence-electron chi connectivity index (χ4n) is 1.68. The Morgan fingerprint density at radius 3 is 2.74 bits per heavy atom. The summed E-state index contributed by atoms with van der Waals surface area (Å²) >= 11 is 5.62. The van der Waals surface area contributed by atoms with Crippen molar-refractivity contribution in [2.45, 2.75) is 13.3 Å². The van der Waals surface area contributed by atoms with E-state index in [9.17, 15) is 4.79 Å². The van der Waals surface area contributed by atoms with Crippen molar-refractivity contribution in [1.29, 1.82) is 0 Å². The molecule has 8 heteroatoms. The van der Waals surface area contributed by atoms with E-state index in [-0.39, 0.29) is 11.1 Å². The molecule has 2 aromatic heterocycles. The van der Waals surface area contributed by atoms with E-state index in [4.69, 9.17) is 17.3 Å². The van der Waals surface area contributed by atoms with E-state index >= 15 is 0 Å². The molecular weight excluding hydrogens is 268 g/mol. The molecule has 0 unspecified atom stereocenters. The SMILES string of the molecule is CCc1nn(C)c(C(=O)Nc2ccc(Cl)nn2)c1N. The molecule has 0 aliphatic carbocycles. The van der Waals surface area contributed by atoms with Gasteiger partial charge in [0.2, 0.25) is 0 Å². The summed E-state index contributed by atoms with van der Waals surface area (Å²) in [5.74, 6) is -0.0862. The van der Waals surface area contributed by atoms with Crippen molar-refractivity contribution in [1.82, 2.24) is 20.0 Å². The molecule has 3 N–H and O–H groups in total. The van der Waals surface area contributed by atoms with Gasteiger partial charge in [0.15, 0.2) is 11.0 Å². The molecule has 0 spiro atoms. The van der Waals surface area contributed by atoms with Gasteiger partial charge in [0.25, 0.3) is 5.91 Å². The van der Waals surface area contributed by atoms with Gasteiger partial charge in [-0.3, -0.25) is 9.48 Å². The monoisotopic (exact) mass is 280 g/mol. The van der Waals surface area contributed by atoms with Gasteiger partial charge in [0.1, 0.15) is 5.69 Å². The first-order valence-electron chi connectivity index (χ1n) is 5.64. The first-order chi connectivity index (χ1) is 9.02. The van der Waals surface area contributed by atoms with Crippen molar-refractivity contribution in [3.63, 3.8) is 0 Å². The van der Waals surface area contributed by atoms with Gasteiger partial charge in [-0.05, 0) is 18.6 Å². The molecule has 0 aromatic carbocycles. The third-order valence-electron chi connectivity index (χ3n) is 2.58. The summed E-state index contributed by atoms with van der Waals surface area (Å²) in [4.78, 5) is 12.1. The minimum atomic E-state index is -0.385. The van der Waals surface area contributed by atoms with E-state index < -0.39 is 0 Å². The van der Waals surface area contributed by atoms with Crippen LogP contribution < -0.4 is 11.1 Å². The van der Waals surface area contributed by atoms with Crippen molar-refractivity contribution < 1.29 is 4.79 Å². The second-order valence-corrected chi connectivity index (χ2v) is 4.27. The zero-order valence-corrected chi connectivity index (χ0v) is 11.3. The highest BCUT2D eigenvalue weighted by atomic mass is 35.5. The molecule has 0 aliphatic heterocycles. The first kappa shape index (κ1) is 13.3. The molecule has 19 heavy (non-hydrogen) atoms. The van der Waals surface area contributed by atoms with Crippen LogP contribution in [0.5, 0.6) is 0 Å². The van der Waals surface area contributed by atoms with Gasteiger partial charge < -0.3 is 11.1 Å². The highest BCUT2D eigenvalue weighted by Gasteiger charge is 2.19. The van der Waals surface area contributed by atoms with Crippen molar-refractivity contribution in [3.8, 4) is 0 Å². The van der Waals surface area contributed by atoms with Crippen LogP contribution in [0.1, 0.15) is 23.1 Å². The van der Waals surface area contributed by atoms with E-state index in [1.54, 1.807) is 13.1 Å². The topological polar surface area (TPSA) is 98.7 Å². The summed E-state index contributed by atoms with van der Waals surface area (Å²) in [6.45, 7) is 1.92. The second-order valence-electron chi connectivity index (χ2n) is 3.88. The number of halogens is 1. The maximum atomic E-state index is 12.1. The number of nitrogens with zero attached hydrogens (tertiary/aromatic N) is 4. The normalized spacial score (nSPS) is 10.5. The molecule has 7 nitrogen and oxygen atoms in total. The molecule has 0 bridgehead atoms. The highest BCUT2D eigenvalue weighted by Crippen LogP contribution is 2.18. The Morgan fingerprint density at radius 2 is 2.21 bits per heavy atom. The average Bonchev–Trinajstić information content (AvgIpc) is 2.67. The van der Waals surface area contributed by atoms with E-state index in [2.05, 4.69) is 20.6 Å². The Kier molecular flexibility index (Phi) is 3.66. The molecule has 0 saturated heterocycles. The van der Waals surface area contributed by atoms with Gasteiger partial charge >= 0.3 is 0 Å². The fourth-order valence-corrected chi connectivity index (χ4v) is 1.79. The summed E-state index contributed by atoms with van der Waals surface area (Å²) in [6, 6.07) is 3.09. The molecular formula is C11H13ClN6O. The maximum Gasteiger partial charge on any atom is 0.277 e. The second kappa shape index (κ2) is 5.23. The Labute approximate surface area is 114 Å². The van der Waals surface area contributed by atoms with Crippen molar-refractivity contribution in [2.75, 3.05) is 11.1 Å². The van der Waals surface area contributed by atoms with Crippen LogP contribution >= 0.6 is 11.6 Å². The van der Waals surface area contributed by atoms with Crippen LogP contribution in [0.15, 0.2) is 12.1 Å². The highest BCUT2D eigenvalue weighted by molar-refractivity contribution is 6.29. The lowest BCUT2D eigenvalue weighted by Crippen LogP contribution is -2.18. The number of nitrogens with two attached hydrogens (primary N) is 1. The van der Waals surface area contributed by atoms with E-state index in [1.165, 1.54) is 10.7 Å². The molecule has 0 radical (unpaired) electrons. The van der Waals surface area contributed by atoms with Crippen LogP contribution in [-0.2, 0) is 13.5 Å². The van der Waals surface area contributed by atoms with E-state index in [0.29, 0.717) is 29.3 Å². The van der Waals surface area contributed by atoms with Gasteiger partial charge in [0, 0.05) is 7.05 Å². The lowest BCUT2D eigenvalue weighted by molar-refractivity contribution is 0.101. The Bertz CT molecular complexity index is 606. The van der Waals surface area contributed by atoms with Crippen molar-refractivity contribution in [2.24, 2.45) is 7.05 Å². The van der Waals surface area contributed by atoms with E-state index in [0.717, 1.165) is 0 Å². The molecule has 1 amide bonds. The van der Waals surface area contributed by atoms with E-state index in [1.807, 2.05) is 6.92 Å². The quantitative estimate of drug-likeness (QED) is 0.882. The Hall–Kier alpha value is -2.15. The molecule has 0 aliphatic rings. The smallest absolute Gasteiger partial charge is 0.277 e. The van der Waals surface area contributed by atoms with Gasteiger partial charge in [-0.25, -0.2) is 0 Å². The largest absolute Gasteiger partial charge is 0.395 e. The zero-order chi connectivity index (χ0) is 14.0. The number of nitrogens with one attached hydrogen (secondary N) is 1. The zero-order valence-electron chi connectivity index (χ0n) is 10.5. The Balaban J connectivity index is 2.25. The molecule has 2 heterocycles. The molecule has 0 saturated carbocycles. The summed E-state index contributed by atoms with van der Waals surface area (Å²) in [5, 5.41) is 14.4. The van der Waals surface area contributed by atoms with Gasteiger partial charge in [-0.2, -0.15) is 5.10 Å². The van der Waals surface area contributed by atoms with Crippen LogP contribution in [-0.4, -0.2) is 25.9 Å². The number of carbonyl (C=O) groups excluding carboxylic acids is 1. The van der Waals surface area contributed by atoms with Crippen LogP contribution in [0.4, 0.5) is 11.5 Å². The van der Waals surface area contributed by atoms with Crippen LogP contribution in [0.2, 0.25) is 5.15 Å². The number of rotatable bonds is 3. The molecule has 2 rings (SSSR count). The average molecular weight is 281 g/mol. The predicted molar refractivity (Wildman–Crippen MR) is 72.0 cm³/mol. The standard InChI is InChI=1S/C11H13ClN6O/c1-3-6-9(13)10(18(2)17-6)11(19)14-8-5-4-7(12)15-16-8/h4-5H,3,13H2,1-2H3,(H,14,16,19). The number of amides is 1. The number of hydrogen-bond donors (Lipinski definition) is 2.